The van der Waals surface area contributed by atoms with Crippen LogP contribution in [-0.4, -0.2) is 85.6 Å². The zero-order chi connectivity index (χ0) is 25.7. The summed E-state index contributed by atoms with van der Waals surface area (Å²) in [6.45, 7) is 7.12. The average molecular weight is 513 g/mol. The Hall–Kier alpha value is -3.37. The summed E-state index contributed by atoms with van der Waals surface area (Å²) in [5.74, 6) is 0.225. The molecule has 1 aromatic heterocycles. The Morgan fingerprint density at radius 3 is 2.53 bits per heavy atom. The van der Waals surface area contributed by atoms with Gasteiger partial charge in [0.25, 0.3) is 5.91 Å². The largest absolute Gasteiger partial charge is 0.497 e. The van der Waals surface area contributed by atoms with Crippen molar-refractivity contribution in [2.24, 2.45) is 0 Å². The number of hydrogen-bond donors (Lipinski definition) is 1. The molecule has 10 heteroatoms. The number of nitrogens with one attached hydrogen (secondary N) is 1. The van der Waals surface area contributed by atoms with E-state index >= 15 is 0 Å². The van der Waals surface area contributed by atoms with Crippen LogP contribution in [0.1, 0.15) is 35.1 Å². The number of ether oxygens (including phenoxy) is 2. The summed E-state index contributed by atoms with van der Waals surface area (Å²) in [4.78, 5) is 45.5. The second kappa shape index (κ2) is 11.6. The number of rotatable bonds is 8. The second-order valence-corrected chi connectivity index (χ2v) is 9.48. The smallest absolute Gasteiger partial charge is 0.338 e. The maximum atomic E-state index is 13.3. The Bertz CT molecular complexity index is 1130. The van der Waals surface area contributed by atoms with E-state index in [1.165, 1.54) is 11.3 Å². The molecule has 9 nitrogen and oxygen atoms in total. The maximum Gasteiger partial charge on any atom is 0.338 e. The number of carbonyl (C=O) groups excluding carboxylic acids is 3. The molecule has 0 spiro atoms. The number of thiophene rings is 1. The number of likely N-dealkylation sites (N-methyl/N-ethyl adjacent to an activating group) is 1. The minimum atomic E-state index is -0.661. The molecule has 36 heavy (non-hydrogen) atoms. The number of methoxy groups -OCH3 is 1. The molecule has 2 aliphatic heterocycles. The number of carbonyl (C=O) groups is 3. The van der Waals surface area contributed by atoms with Gasteiger partial charge in [-0.15, -0.1) is 11.3 Å². The van der Waals surface area contributed by atoms with Crippen molar-refractivity contribution in [3.63, 3.8) is 0 Å². The first kappa shape index (κ1) is 25.7. The second-order valence-electron chi connectivity index (χ2n) is 8.53. The molecule has 0 aliphatic carbocycles. The lowest BCUT2D eigenvalue weighted by Gasteiger charge is -2.40. The third kappa shape index (κ3) is 5.39. The van der Waals surface area contributed by atoms with E-state index in [1.807, 2.05) is 53.6 Å². The summed E-state index contributed by atoms with van der Waals surface area (Å²) in [5, 5.41) is 4.88. The van der Waals surface area contributed by atoms with Crippen LogP contribution in [0.2, 0.25) is 0 Å². The maximum absolute atomic E-state index is 13.3. The van der Waals surface area contributed by atoms with Crippen LogP contribution in [0.3, 0.4) is 0 Å². The fraction of sp³-hybridized carbons (Fsp3) is 0.423. The van der Waals surface area contributed by atoms with E-state index in [4.69, 9.17) is 9.47 Å². The van der Waals surface area contributed by atoms with Gasteiger partial charge < -0.3 is 19.7 Å². The third-order valence-electron chi connectivity index (χ3n) is 6.44. The lowest BCUT2D eigenvalue weighted by Crippen LogP contribution is -2.53. The fourth-order valence-electron chi connectivity index (χ4n) is 4.61. The molecule has 1 N–H and O–H groups in total. The average Bonchev–Trinajstić information content (AvgIpc) is 3.44. The molecule has 0 bridgehead atoms. The predicted octanol–water partition coefficient (Wildman–Crippen LogP) is 3.12. The quantitative estimate of drug-likeness (QED) is 0.547. The van der Waals surface area contributed by atoms with Gasteiger partial charge in [0.15, 0.2) is 0 Å². The highest BCUT2D eigenvalue weighted by Crippen LogP contribution is 2.33. The third-order valence-corrected chi connectivity index (χ3v) is 7.30. The molecular weight excluding hydrogens is 480 g/mol. The molecule has 192 valence electrons. The lowest BCUT2D eigenvalue weighted by atomic mass is 9.94. The van der Waals surface area contributed by atoms with Gasteiger partial charge in [-0.3, -0.25) is 14.6 Å². The number of urea groups is 1. The van der Waals surface area contributed by atoms with Crippen molar-refractivity contribution in [1.29, 1.82) is 0 Å². The molecule has 1 atom stereocenters. The molecule has 0 radical (unpaired) electrons. The summed E-state index contributed by atoms with van der Waals surface area (Å²) >= 11 is 1.44. The molecule has 3 heterocycles. The van der Waals surface area contributed by atoms with Crippen molar-refractivity contribution < 1.29 is 23.9 Å². The molecule has 1 saturated heterocycles. The van der Waals surface area contributed by atoms with Gasteiger partial charge in [0, 0.05) is 45.0 Å². The van der Waals surface area contributed by atoms with Crippen LogP contribution in [-0.2, 0) is 9.53 Å². The Kier molecular flexibility index (Phi) is 8.27. The number of amides is 3. The highest BCUT2D eigenvalue weighted by molar-refractivity contribution is 7.12. The Morgan fingerprint density at radius 2 is 1.89 bits per heavy atom. The van der Waals surface area contributed by atoms with Crippen LogP contribution in [0.25, 0.3) is 0 Å². The highest BCUT2D eigenvalue weighted by atomic mass is 32.1. The minimum absolute atomic E-state index is 0.0430. The Morgan fingerprint density at radius 1 is 1.11 bits per heavy atom. The molecule has 1 aromatic carbocycles. The van der Waals surface area contributed by atoms with Crippen molar-refractivity contribution in [3.05, 3.63) is 63.5 Å². The van der Waals surface area contributed by atoms with E-state index in [2.05, 4.69) is 10.2 Å². The summed E-state index contributed by atoms with van der Waals surface area (Å²) in [6, 6.07) is 10.1. The number of benzene rings is 1. The highest BCUT2D eigenvalue weighted by Gasteiger charge is 2.38. The Labute approximate surface area is 215 Å². The molecule has 1 fully saturated rings. The van der Waals surface area contributed by atoms with Crippen molar-refractivity contribution in [1.82, 2.24) is 20.0 Å². The van der Waals surface area contributed by atoms with Gasteiger partial charge in [-0.25, -0.2) is 9.59 Å². The molecule has 2 aromatic rings. The number of piperazine rings is 1. The molecular formula is C26H32N4O5S. The van der Waals surface area contributed by atoms with E-state index in [1.54, 1.807) is 18.9 Å². The minimum Gasteiger partial charge on any atom is -0.497 e. The lowest BCUT2D eigenvalue weighted by molar-refractivity contribution is -0.139. The molecule has 1 unspecified atom stereocenters. The standard InChI is InChI=1S/C26H32N4O5S/c1-4-30-20(17-28-11-13-29(14-12-28)24(31)21-10-7-15-36-21)22(25(32)35-5-2)23(27-26(30)33)18-8-6-9-19(16-18)34-3/h6-10,15-16,23H,4-5,11-14,17H2,1-3H3,(H,27,33). The van der Waals surface area contributed by atoms with Gasteiger partial charge in [-0.05, 0) is 43.0 Å². The molecule has 4 rings (SSSR count). The number of nitrogens with zero attached hydrogens (tertiary/aromatic N) is 3. The van der Waals surface area contributed by atoms with Gasteiger partial charge >= 0.3 is 12.0 Å². The SMILES string of the molecule is CCOC(=O)C1=C(CN2CCN(C(=O)c3cccs3)CC2)N(CC)C(=O)NC1c1cccc(OC)c1. The van der Waals surface area contributed by atoms with Crippen LogP contribution in [0.15, 0.2) is 53.0 Å². The van der Waals surface area contributed by atoms with Crippen LogP contribution in [0.5, 0.6) is 5.75 Å². The fourth-order valence-corrected chi connectivity index (χ4v) is 5.30. The first-order valence-corrected chi connectivity index (χ1v) is 13.0. The number of hydrogen-bond acceptors (Lipinski definition) is 7. The summed E-state index contributed by atoms with van der Waals surface area (Å²) in [6.07, 6.45) is 0. The summed E-state index contributed by atoms with van der Waals surface area (Å²) < 4.78 is 10.8. The normalized spacial score (nSPS) is 18.8. The van der Waals surface area contributed by atoms with Crippen LogP contribution in [0, 0.1) is 0 Å². The molecule has 2 aliphatic rings. The first-order chi connectivity index (χ1) is 17.5. The topological polar surface area (TPSA) is 91.4 Å². The van der Waals surface area contributed by atoms with Crippen molar-refractivity contribution in [2.45, 2.75) is 19.9 Å². The predicted molar refractivity (Wildman–Crippen MR) is 137 cm³/mol. The van der Waals surface area contributed by atoms with Gasteiger partial charge in [0.1, 0.15) is 5.75 Å². The summed E-state index contributed by atoms with van der Waals surface area (Å²) in [5.41, 5.74) is 1.79. The van der Waals surface area contributed by atoms with E-state index in [-0.39, 0.29) is 18.5 Å². The summed E-state index contributed by atoms with van der Waals surface area (Å²) in [7, 11) is 1.58. The van der Waals surface area contributed by atoms with Crippen LogP contribution >= 0.6 is 11.3 Å². The molecule has 3 amide bonds. The van der Waals surface area contributed by atoms with Crippen molar-refractivity contribution in [3.8, 4) is 5.75 Å². The van der Waals surface area contributed by atoms with Crippen LogP contribution < -0.4 is 10.1 Å². The molecule has 0 saturated carbocycles. The van der Waals surface area contributed by atoms with Gasteiger partial charge in [0.2, 0.25) is 0 Å². The van der Waals surface area contributed by atoms with Crippen LogP contribution in [0.4, 0.5) is 4.79 Å². The monoisotopic (exact) mass is 512 g/mol. The zero-order valence-corrected chi connectivity index (χ0v) is 21.7. The van der Waals surface area contributed by atoms with Gasteiger partial charge in [-0.1, -0.05) is 18.2 Å². The first-order valence-electron chi connectivity index (χ1n) is 12.1. The zero-order valence-electron chi connectivity index (χ0n) is 20.9. The Balaban J connectivity index is 1.62. The van der Waals surface area contributed by atoms with Crippen molar-refractivity contribution in [2.75, 3.05) is 53.0 Å². The van der Waals surface area contributed by atoms with E-state index in [0.29, 0.717) is 56.3 Å². The van der Waals surface area contributed by atoms with Gasteiger partial charge in [-0.2, -0.15) is 0 Å². The van der Waals surface area contributed by atoms with Gasteiger partial charge in [0.05, 0.1) is 30.2 Å². The van der Waals surface area contributed by atoms with E-state index in [9.17, 15) is 14.4 Å². The van der Waals surface area contributed by atoms with E-state index < -0.39 is 12.0 Å². The van der Waals surface area contributed by atoms with Crippen molar-refractivity contribution >= 4 is 29.2 Å². The number of esters is 1. The van der Waals surface area contributed by atoms with E-state index in [0.717, 1.165) is 10.4 Å².